The van der Waals surface area contributed by atoms with Crippen molar-refractivity contribution in [3.63, 3.8) is 0 Å². The molecule has 5 nitrogen and oxygen atoms in total. The molecule has 2 aliphatic rings. The second-order valence-electron chi connectivity index (χ2n) is 9.00. The summed E-state index contributed by atoms with van der Waals surface area (Å²) in [6.45, 7) is 8.52. The number of hydrogen-bond acceptors (Lipinski definition) is 4. The molecular formula is C29H34N2O3. The molecule has 5 heteroatoms. The average Bonchev–Trinajstić information content (AvgIpc) is 3.70. The van der Waals surface area contributed by atoms with E-state index in [2.05, 4.69) is 18.7 Å². The summed E-state index contributed by atoms with van der Waals surface area (Å²) in [5.41, 5.74) is 3.17. The third-order valence-corrected chi connectivity index (χ3v) is 6.45. The number of likely N-dealkylation sites (N-methyl/N-ethyl adjacent to an activating group) is 1. The minimum Gasteiger partial charge on any atom is -0.492 e. The van der Waals surface area contributed by atoms with Gasteiger partial charge in [-0.3, -0.25) is 9.59 Å². The van der Waals surface area contributed by atoms with E-state index < -0.39 is 0 Å². The van der Waals surface area contributed by atoms with Crippen LogP contribution in [0.1, 0.15) is 37.8 Å². The van der Waals surface area contributed by atoms with Crippen LogP contribution in [0.2, 0.25) is 0 Å². The zero-order valence-corrected chi connectivity index (χ0v) is 20.2. The number of ether oxygens (including phenoxy) is 1. The Morgan fingerprint density at radius 2 is 1.62 bits per heavy atom. The van der Waals surface area contributed by atoms with Crippen LogP contribution >= 0.6 is 0 Å². The van der Waals surface area contributed by atoms with E-state index >= 15 is 0 Å². The Hall–Kier alpha value is -3.18. The number of ketones is 1. The van der Waals surface area contributed by atoms with Crippen LogP contribution in [0, 0.1) is 5.92 Å². The Kier molecular flexibility index (Phi) is 7.96. The largest absolute Gasteiger partial charge is 0.492 e. The van der Waals surface area contributed by atoms with Gasteiger partial charge in [0.05, 0.1) is 0 Å². The number of hydrogen-bond donors (Lipinski definition) is 0. The van der Waals surface area contributed by atoms with Crippen LogP contribution < -0.4 is 4.74 Å². The highest BCUT2D eigenvalue weighted by Gasteiger charge is 2.37. The number of piperidine rings is 1. The maximum Gasteiger partial charge on any atom is 0.226 e. The number of benzene rings is 2. The van der Waals surface area contributed by atoms with Gasteiger partial charge in [-0.15, -0.1) is 0 Å². The standard InChI is InChI=1S/C29H34N2O3/c1-3-30(4-2)15-16-34-27-12-8-11-23(19-27)18-26-21-31(29(33)24-13-14-24)20-25(28(26)32)17-22-9-6-5-7-10-22/h5-12,17-19,24H,3-4,13-16,20-21H2,1-2H3/b25-17+,26-18+. The maximum atomic E-state index is 13.4. The highest BCUT2D eigenvalue weighted by molar-refractivity contribution is 6.15. The SMILES string of the molecule is CCN(CC)CCOc1cccc(/C=C2\CN(C(=O)C3CC3)C/C(=C\c3ccccc3)C2=O)c1. The number of Topliss-reactive ketones (excluding diaryl/α,β-unsaturated/α-hetero) is 1. The zero-order valence-electron chi connectivity index (χ0n) is 20.2. The van der Waals surface area contributed by atoms with Crippen molar-refractivity contribution in [3.8, 4) is 5.75 Å². The lowest BCUT2D eigenvalue weighted by Crippen LogP contribution is -2.42. The molecule has 1 saturated heterocycles. The molecule has 0 aromatic heterocycles. The van der Waals surface area contributed by atoms with Gasteiger partial charge in [0.1, 0.15) is 12.4 Å². The van der Waals surface area contributed by atoms with Gasteiger partial charge in [-0.1, -0.05) is 56.3 Å². The van der Waals surface area contributed by atoms with Crippen molar-refractivity contribution in [2.75, 3.05) is 39.3 Å². The van der Waals surface area contributed by atoms with Crippen LogP contribution in [0.5, 0.6) is 5.75 Å². The predicted octanol–water partition coefficient (Wildman–Crippen LogP) is 4.70. The van der Waals surface area contributed by atoms with Gasteiger partial charge in [-0.05, 0) is 61.3 Å². The van der Waals surface area contributed by atoms with Crippen LogP contribution in [-0.2, 0) is 9.59 Å². The van der Waals surface area contributed by atoms with Gasteiger partial charge in [0.25, 0.3) is 0 Å². The van der Waals surface area contributed by atoms with Crippen molar-refractivity contribution in [1.82, 2.24) is 9.80 Å². The summed E-state index contributed by atoms with van der Waals surface area (Å²) in [5.74, 6) is 1.08. The third-order valence-electron chi connectivity index (χ3n) is 6.45. The van der Waals surface area contributed by atoms with E-state index in [1.165, 1.54) is 0 Å². The van der Waals surface area contributed by atoms with E-state index in [-0.39, 0.29) is 17.6 Å². The van der Waals surface area contributed by atoms with E-state index in [0.717, 1.165) is 49.4 Å². The second-order valence-corrected chi connectivity index (χ2v) is 9.00. The lowest BCUT2D eigenvalue weighted by Gasteiger charge is -2.30. The van der Waals surface area contributed by atoms with Gasteiger partial charge >= 0.3 is 0 Å². The Morgan fingerprint density at radius 3 is 2.26 bits per heavy atom. The molecular weight excluding hydrogens is 424 g/mol. The monoisotopic (exact) mass is 458 g/mol. The van der Waals surface area contributed by atoms with Crippen LogP contribution in [0.4, 0.5) is 0 Å². The van der Waals surface area contributed by atoms with Gasteiger partial charge < -0.3 is 14.5 Å². The van der Waals surface area contributed by atoms with E-state index in [1.54, 1.807) is 0 Å². The van der Waals surface area contributed by atoms with E-state index in [0.29, 0.717) is 30.8 Å². The lowest BCUT2D eigenvalue weighted by molar-refractivity contribution is -0.132. The number of carbonyl (C=O) groups is 2. The van der Waals surface area contributed by atoms with Gasteiger partial charge in [0, 0.05) is 36.7 Å². The maximum absolute atomic E-state index is 13.4. The minimum absolute atomic E-state index is 0.0107. The van der Waals surface area contributed by atoms with Gasteiger partial charge in [-0.25, -0.2) is 0 Å². The topological polar surface area (TPSA) is 49.9 Å². The molecule has 0 atom stereocenters. The summed E-state index contributed by atoms with van der Waals surface area (Å²) >= 11 is 0. The average molecular weight is 459 g/mol. The molecule has 1 amide bonds. The molecule has 1 heterocycles. The number of likely N-dealkylation sites (tertiary alicyclic amines) is 1. The molecule has 2 fully saturated rings. The summed E-state index contributed by atoms with van der Waals surface area (Å²) in [6, 6.07) is 17.6. The summed E-state index contributed by atoms with van der Waals surface area (Å²) < 4.78 is 5.96. The number of rotatable bonds is 9. The highest BCUT2D eigenvalue weighted by Crippen LogP contribution is 2.33. The molecule has 2 aromatic carbocycles. The van der Waals surface area contributed by atoms with E-state index in [9.17, 15) is 9.59 Å². The summed E-state index contributed by atoms with van der Waals surface area (Å²) in [4.78, 5) is 30.4. The fourth-order valence-corrected chi connectivity index (χ4v) is 4.26. The molecule has 1 aliphatic carbocycles. The fraction of sp³-hybridized carbons (Fsp3) is 0.379. The van der Waals surface area contributed by atoms with Gasteiger partial charge in [0.15, 0.2) is 5.78 Å². The molecule has 0 unspecified atom stereocenters. The first kappa shape index (κ1) is 24.0. The number of carbonyl (C=O) groups excluding carboxylic acids is 2. The van der Waals surface area contributed by atoms with Crippen molar-refractivity contribution < 1.29 is 14.3 Å². The van der Waals surface area contributed by atoms with Crippen molar-refractivity contribution in [2.45, 2.75) is 26.7 Å². The van der Waals surface area contributed by atoms with Gasteiger partial charge in [0.2, 0.25) is 5.91 Å². The van der Waals surface area contributed by atoms with E-state index in [4.69, 9.17) is 4.74 Å². The molecule has 2 aromatic rings. The molecule has 1 aliphatic heterocycles. The molecule has 4 rings (SSSR count). The Bertz CT molecular complexity index is 1070. The second kappa shape index (κ2) is 11.3. The Balaban J connectivity index is 1.55. The van der Waals surface area contributed by atoms with Crippen molar-refractivity contribution >= 4 is 23.8 Å². The highest BCUT2D eigenvalue weighted by atomic mass is 16.5. The third kappa shape index (κ3) is 6.23. The molecule has 1 saturated carbocycles. The first-order valence-electron chi connectivity index (χ1n) is 12.3. The van der Waals surface area contributed by atoms with Crippen LogP contribution in [-0.4, -0.2) is 60.8 Å². The first-order valence-corrected chi connectivity index (χ1v) is 12.3. The summed E-state index contributed by atoms with van der Waals surface area (Å²) in [5, 5.41) is 0. The molecule has 178 valence electrons. The minimum atomic E-state index is 0.0107. The van der Waals surface area contributed by atoms with Crippen molar-refractivity contribution in [3.05, 3.63) is 76.9 Å². The molecule has 0 bridgehead atoms. The van der Waals surface area contributed by atoms with Crippen LogP contribution in [0.3, 0.4) is 0 Å². The van der Waals surface area contributed by atoms with Crippen molar-refractivity contribution in [2.24, 2.45) is 5.92 Å². The predicted molar refractivity (Wildman–Crippen MR) is 136 cm³/mol. The zero-order chi connectivity index (χ0) is 23.9. The molecule has 34 heavy (non-hydrogen) atoms. The van der Waals surface area contributed by atoms with Gasteiger partial charge in [-0.2, -0.15) is 0 Å². The summed E-state index contributed by atoms with van der Waals surface area (Å²) in [7, 11) is 0. The lowest BCUT2D eigenvalue weighted by atomic mass is 9.94. The fourth-order valence-electron chi connectivity index (χ4n) is 4.26. The Labute approximate surface area is 202 Å². The summed E-state index contributed by atoms with van der Waals surface area (Å²) in [6.07, 6.45) is 5.72. The van der Waals surface area contributed by atoms with E-state index in [1.807, 2.05) is 71.6 Å². The quantitative estimate of drug-likeness (QED) is 0.512. The molecule has 0 N–H and O–H groups in total. The molecule has 0 spiro atoms. The molecule has 0 radical (unpaired) electrons. The van der Waals surface area contributed by atoms with Crippen LogP contribution in [0.25, 0.3) is 12.2 Å². The first-order chi connectivity index (χ1) is 16.6. The Morgan fingerprint density at radius 1 is 0.971 bits per heavy atom. The normalized spacial score (nSPS) is 18.7. The number of nitrogens with zero attached hydrogens (tertiary/aromatic N) is 2. The van der Waals surface area contributed by atoms with Crippen molar-refractivity contribution in [1.29, 1.82) is 0 Å². The van der Waals surface area contributed by atoms with Crippen LogP contribution in [0.15, 0.2) is 65.7 Å². The smallest absolute Gasteiger partial charge is 0.226 e. The number of amides is 1.